The number of benzene rings is 7. The monoisotopic (exact) mass is 579 g/mol. The number of hydrogen-bond acceptors (Lipinski definition) is 2. The van der Waals surface area contributed by atoms with Gasteiger partial charge in [0, 0.05) is 37.2 Å². The van der Waals surface area contributed by atoms with E-state index in [4.69, 9.17) is 0 Å². The summed E-state index contributed by atoms with van der Waals surface area (Å²) in [7, 11) is 0. The highest BCUT2D eigenvalue weighted by atomic mass is 32.1. The van der Waals surface area contributed by atoms with Gasteiger partial charge in [0.2, 0.25) is 0 Å². The molecule has 0 atom stereocenters. The summed E-state index contributed by atoms with van der Waals surface area (Å²) >= 11 is 1.86. The van der Waals surface area contributed by atoms with E-state index in [1.807, 2.05) is 11.3 Å². The van der Waals surface area contributed by atoms with Crippen molar-refractivity contribution in [3.8, 4) is 22.3 Å². The first-order valence-electron chi connectivity index (χ1n) is 15.3. The minimum absolute atomic E-state index is 1.11. The normalized spacial score (nSPS) is 12.4. The summed E-state index contributed by atoms with van der Waals surface area (Å²) in [6, 6.07) is 55.8. The average Bonchev–Trinajstić information content (AvgIpc) is 3.47. The minimum atomic E-state index is 1.11. The van der Waals surface area contributed by atoms with Gasteiger partial charge in [0.1, 0.15) is 0 Å². The largest absolute Gasteiger partial charge is 0.310 e. The summed E-state index contributed by atoms with van der Waals surface area (Å²) in [6.45, 7) is 0. The fraction of sp³-hybridized carbons (Fsp3) is 0.0476. The molecule has 0 saturated heterocycles. The zero-order valence-electron chi connectivity index (χ0n) is 24.2. The first-order chi connectivity index (χ1) is 21.8. The number of thiophene rings is 1. The molecule has 1 aromatic heterocycles. The lowest BCUT2D eigenvalue weighted by molar-refractivity contribution is 0.945. The van der Waals surface area contributed by atoms with Gasteiger partial charge in [-0.3, -0.25) is 0 Å². The Labute approximate surface area is 261 Å². The smallest absolute Gasteiger partial charge is 0.0468 e. The van der Waals surface area contributed by atoms with Crippen molar-refractivity contribution in [2.45, 2.75) is 12.8 Å². The average molecular weight is 580 g/mol. The maximum Gasteiger partial charge on any atom is 0.0468 e. The van der Waals surface area contributed by atoms with Crippen LogP contribution in [0, 0.1) is 0 Å². The van der Waals surface area contributed by atoms with Crippen LogP contribution < -0.4 is 4.90 Å². The molecule has 2 heteroatoms. The van der Waals surface area contributed by atoms with Gasteiger partial charge in [-0.05, 0) is 112 Å². The quantitative estimate of drug-likeness (QED) is 0.200. The van der Waals surface area contributed by atoms with Crippen LogP contribution in [0.15, 0.2) is 152 Å². The van der Waals surface area contributed by atoms with E-state index in [-0.39, 0.29) is 0 Å². The van der Waals surface area contributed by atoms with Crippen molar-refractivity contribution >= 4 is 59.3 Å². The van der Waals surface area contributed by atoms with Crippen LogP contribution in [-0.2, 0) is 12.8 Å². The predicted octanol–water partition coefficient (Wildman–Crippen LogP) is 12.1. The summed E-state index contributed by atoms with van der Waals surface area (Å²) in [5.41, 5.74) is 11.7. The van der Waals surface area contributed by atoms with Crippen LogP contribution in [0.25, 0.3) is 53.2 Å². The molecule has 0 saturated carbocycles. The van der Waals surface area contributed by atoms with Crippen molar-refractivity contribution in [1.82, 2.24) is 0 Å². The number of para-hydroxylation sites is 1. The van der Waals surface area contributed by atoms with Gasteiger partial charge in [0.05, 0.1) is 0 Å². The van der Waals surface area contributed by atoms with E-state index in [2.05, 4.69) is 157 Å². The van der Waals surface area contributed by atoms with Crippen LogP contribution in [0.5, 0.6) is 0 Å². The lowest BCUT2D eigenvalue weighted by atomic mass is 9.82. The molecule has 44 heavy (non-hydrogen) atoms. The van der Waals surface area contributed by atoms with E-state index < -0.39 is 0 Å². The van der Waals surface area contributed by atoms with Crippen molar-refractivity contribution in [2.24, 2.45) is 0 Å². The molecule has 0 spiro atoms. The summed E-state index contributed by atoms with van der Waals surface area (Å²) in [6.07, 6.45) is 2.23. The second-order valence-corrected chi connectivity index (χ2v) is 12.8. The van der Waals surface area contributed by atoms with E-state index in [0.717, 1.165) is 29.9 Å². The van der Waals surface area contributed by atoms with Gasteiger partial charge < -0.3 is 4.90 Å². The first-order valence-corrected chi connectivity index (χ1v) is 16.1. The summed E-state index contributed by atoms with van der Waals surface area (Å²) in [4.78, 5) is 2.36. The van der Waals surface area contributed by atoms with Crippen molar-refractivity contribution < 1.29 is 0 Å². The third kappa shape index (κ3) is 4.14. The number of fused-ring (bicyclic) bond motifs is 8. The standard InChI is InChI=1S/C42H29NS/c1-2-9-33(10-3-1)43(35-23-25-41-39(27-35)38-12-6-7-13-40(38)44-41)34-21-18-28(19-22-34)31-20-24-37-32(26-31)17-16-30-15-14-29-8-4-5-11-36(29)42(30)37/h1-13,16-27H,14-15H2. The van der Waals surface area contributed by atoms with Gasteiger partial charge in [-0.1, -0.05) is 97.1 Å². The molecule has 1 nitrogen and oxygen atoms in total. The van der Waals surface area contributed by atoms with Gasteiger partial charge >= 0.3 is 0 Å². The Kier molecular flexibility index (Phi) is 5.89. The number of nitrogens with zero attached hydrogens (tertiary/aromatic N) is 1. The molecular formula is C42H29NS. The molecule has 208 valence electrons. The molecule has 0 amide bonds. The molecule has 8 aromatic rings. The highest BCUT2D eigenvalue weighted by Crippen LogP contribution is 2.42. The Balaban J connectivity index is 1.12. The minimum Gasteiger partial charge on any atom is -0.310 e. The SMILES string of the molecule is c1ccc(N(c2ccc(-c3ccc4c5c(ccc4c3)CCc3ccccc3-5)cc2)c2ccc3sc4ccccc4c3c2)cc1. The molecule has 0 radical (unpaired) electrons. The molecule has 7 aromatic carbocycles. The number of aryl methyl sites for hydroxylation is 2. The predicted molar refractivity (Wildman–Crippen MR) is 190 cm³/mol. The lowest BCUT2D eigenvalue weighted by Crippen LogP contribution is -2.09. The molecular weight excluding hydrogens is 551 g/mol. The molecule has 0 aliphatic heterocycles. The summed E-state index contributed by atoms with van der Waals surface area (Å²) in [5, 5.41) is 5.27. The fourth-order valence-electron chi connectivity index (χ4n) is 7.01. The summed E-state index contributed by atoms with van der Waals surface area (Å²) in [5.74, 6) is 0. The highest BCUT2D eigenvalue weighted by molar-refractivity contribution is 7.25. The van der Waals surface area contributed by atoms with Crippen LogP contribution in [0.3, 0.4) is 0 Å². The van der Waals surface area contributed by atoms with Crippen LogP contribution in [0.1, 0.15) is 11.1 Å². The third-order valence-electron chi connectivity index (χ3n) is 9.15. The van der Waals surface area contributed by atoms with E-state index in [1.165, 1.54) is 64.3 Å². The fourth-order valence-corrected chi connectivity index (χ4v) is 8.10. The second kappa shape index (κ2) is 10.2. The number of rotatable bonds is 4. The van der Waals surface area contributed by atoms with Crippen molar-refractivity contribution in [2.75, 3.05) is 4.90 Å². The van der Waals surface area contributed by atoms with Gasteiger partial charge in [0.25, 0.3) is 0 Å². The number of anilines is 3. The van der Waals surface area contributed by atoms with E-state index in [1.54, 1.807) is 0 Å². The van der Waals surface area contributed by atoms with E-state index in [0.29, 0.717) is 0 Å². The zero-order valence-corrected chi connectivity index (χ0v) is 25.0. The molecule has 0 N–H and O–H groups in total. The van der Waals surface area contributed by atoms with Crippen LogP contribution >= 0.6 is 11.3 Å². The Morgan fingerprint density at radius 1 is 0.432 bits per heavy atom. The Morgan fingerprint density at radius 3 is 2.05 bits per heavy atom. The molecule has 9 rings (SSSR count). The van der Waals surface area contributed by atoms with Gasteiger partial charge in [-0.25, -0.2) is 0 Å². The Morgan fingerprint density at radius 2 is 1.14 bits per heavy atom. The Hall–Kier alpha value is -5.18. The Bertz CT molecular complexity index is 2330. The van der Waals surface area contributed by atoms with Gasteiger partial charge in [-0.2, -0.15) is 0 Å². The molecule has 1 aliphatic carbocycles. The highest BCUT2D eigenvalue weighted by Gasteiger charge is 2.19. The third-order valence-corrected chi connectivity index (χ3v) is 10.3. The molecule has 0 fully saturated rings. The second-order valence-electron chi connectivity index (χ2n) is 11.7. The maximum atomic E-state index is 2.36. The zero-order chi connectivity index (χ0) is 29.0. The summed E-state index contributed by atoms with van der Waals surface area (Å²) < 4.78 is 2.65. The van der Waals surface area contributed by atoms with E-state index in [9.17, 15) is 0 Å². The molecule has 0 unspecified atom stereocenters. The lowest BCUT2D eigenvalue weighted by Gasteiger charge is -2.26. The molecule has 1 heterocycles. The first kappa shape index (κ1) is 25.3. The van der Waals surface area contributed by atoms with Gasteiger partial charge in [-0.15, -0.1) is 11.3 Å². The van der Waals surface area contributed by atoms with Gasteiger partial charge in [0.15, 0.2) is 0 Å². The molecule has 0 bridgehead atoms. The van der Waals surface area contributed by atoms with Crippen LogP contribution in [-0.4, -0.2) is 0 Å². The van der Waals surface area contributed by atoms with Crippen molar-refractivity contribution in [3.05, 3.63) is 163 Å². The van der Waals surface area contributed by atoms with Crippen molar-refractivity contribution in [1.29, 1.82) is 0 Å². The van der Waals surface area contributed by atoms with Crippen LogP contribution in [0.2, 0.25) is 0 Å². The van der Waals surface area contributed by atoms with Crippen molar-refractivity contribution in [3.63, 3.8) is 0 Å². The van der Waals surface area contributed by atoms with Crippen LogP contribution in [0.4, 0.5) is 17.1 Å². The molecule has 1 aliphatic rings. The topological polar surface area (TPSA) is 3.24 Å². The number of hydrogen-bond donors (Lipinski definition) is 0. The van der Waals surface area contributed by atoms with E-state index >= 15 is 0 Å². The maximum absolute atomic E-state index is 2.36.